The maximum absolute atomic E-state index is 12.8. The highest BCUT2D eigenvalue weighted by molar-refractivity contribution is 5.84. The van der Waals surface area contributed by atoms with Crippen LogP contribution >= 0.6 is 0 Å². The van der Waals surface area contributed by atoms with Crippen molar-refractivity contribution in [2.45, 2.75) is 95.5 Å². The second-order valence-corrected chi connectivity index (χ2v) is 10.2. The number of aromatic nitrogens is 1. The Kier molecular flexibility index (Phi) is 5.52. The molecule has 0 N–H and O–H groups in total. The lowest BCUT2D eigenvalue weighted by Gasteiger charge is -2.24. The lowest BCUT2D eigenvalue weighted by Crippen LogP contribution is -2.28. The van der Waals surface area contributed by atoms with Gasteiger partial charge in [-0.15, -0.1) is 0 Å². The zero-order chi connectivity index (χ0) is 21.6. The molecule has 0 saturated carbocycles. The van der Waals surface area contributed by atoms with E-state index < -0.39 is 5.41 Å². The van der Waals surface area contributed by atoms with Gasteiger partial charge in [0.25, 0.3) is 0 Å². The molecule has 0 bridgehead atoms. The summed E-state index contributed by atoms with van der Waals surface area (Å²) in [5, 5.41) is 0. The molecule has 0 radical (unpaired) electrons. The number of carbonyl (C=O) groups excluding carboxylic acids is 2. The first kappa shape index (κ1) is 21.4. The summed E-state index contributed by atoms with van der Waals surface area (Å²) >= 11 is 0. The van der Waals surface area contributed by atoms with E-state index in [4.69, 9.17) is 14.2 Å². The van der Waals surface area contributed by atoms with Crippen molar-refractivity contribution in [3.63, 3.8) is 0 Å². The average Bonchev–Trinajstić information content (AvgIpc) is 3.59. The summed E-state index contributed by atoms with van der Waals surface area (Å²) in [6.45, 7) is 8.29. The van der Waals surface area contributed by atoms with Crippen LogP contribution in [0.1, 0.15) is 77.8 Å². The van der Waals surface area contributed by atoms with Crippen LogP contribution in [0.4, 0.5) is 0 Å². The number of carbonyl (C=O) groups is 2. The zero-order valence-electron chi connectivity index (χ0n) is 18.5. The van der Waals surface area contributed by atoms with Crippen LogP contribution in [0.2, 0.25) is 0 Å². The molecule has 164 valence electrons. The van der Waals surface area contributed by atoms with Crippen LogP contribution in [-0.2, 0) is 23.8 Å². The number of pyridine rings is 1. The monoisotopic (exact) mass is 415 g/mol. The molecule has 5 unspecified atom stereocenters. The van der Waals surface area contributed by atoms with Crippen LogP contribution in [-0.4, -0.2) is 46.8 Å². The zero-order valence-corrected chi connectivity index (χ0v) is 18.5. The Labute approximate surface area is 178 Å². The lowest BCUT2D eigenvalue weighted by molar-refractivity contribution is -0.145. The van der Waals surface area contributed by atoms with Crippen LogP contribution in [0, 0.1) is 5.41 Å². The van der Waals surface area contributed by atoms with E-state index in [-0.39, 0.29) is 54.1 Å². The summed E-state index contributed by atoms with van der Waals surface area (Å²) < 4.78 is 17.8. The molecule has 1 aromatic heterocycles. The fourth-order valence-corrected chi connectivity index (χ4v) is 4.69. The highest BCUT2D eigenvalue weighted by Gasteiger charge is 2.59. The molecule has 0 spiro atoms. The van der Waals surface area contributed by atoms with Crippen molar-refractivity contribution < 1.29 is 23.8 Å². The number of rotatable bonds is 1. The van der Waals surface area contributed by atoms with E-state index in [2.05, 4.69) is 18.8 Å². The number of ether oxygens (including phenoxy) is 3. The van der Waals surface area contributed by atoms with Gasteiger partial charge in [0.1, 0.15) is 12.4 Å². The molecule has 3 aliphatic heterocycles. The lowest BCUT2D eigenvalue weighted by atomic mass is 9.80. The third-order valence-electron chi connectivity index (χ3n) is 7.29. The summed E-state index contributed by atoms with van der Waals surface area (Å²) in [4.78, 5) is 29.7. The number of fused-ring (bicyclic) bond motifs is 2. The van der Waals surface area contributed by atoms with Crippen molar-refractivity contribution in [1.82, 2.24) is 4.98 Å². The molecule has 6 nitrogen and oxygen atoms in total. The number of nitrogens with zero attached hydrogens (tertiary/aromatic N) is 1. The van der Waals surface area contributed by atoms with Gasteiger partial charge in [-0.25, -0.2) is 0 Å². The Morgan fingerprint density at radius 2 is 1.77 bits per heavy atom. The fourth-order valence-electron chi connectivity index (χ4n) is 4.69. The Morgan fingerprint density at radius 3 is 2.50 bits per heavy atom. The van der Waals surface area contributed by atoms with Gasteiger partial charge in [0.2, 0.25) is 0 Å². The maximum Gasteiger partial charge on any atom is 0.305 e. The molecule has 30 heavy (non-hydrogen) atoms. The second kappa shape index (κ2) is 7.72. The van der Waals surface area contributed by atoms with Gasteiger partial charge < -0.3 is 14.2 Å². The summed E-state index contributed by atoms with van der Waals surface area (Å²) in [7, 11) is 0. The molecule has 5 atom stereocenters. The molecular weight excluding hydrogens is 382 g/mol. The van der Waals surface area contributed by atoms with E-state index in [1.54, 1.807) is 6.20 Å². The minimum absolute atomic E-state index is 0.0314. The fraction of sp³-hybridized carbons (Fsp3) is 0.708. The molecule has 4 rings (SSSR count). The summed E-state index contributed by atoms with van der Waals surface area (Å²) in [6.07, 6.45) is 5.59. The number of esters is 1. The van der Waals surface area contributed by atoms with Gasteiger partial charge in [-0.1, -0.05) is 19.9 Å². The number of epoxide rings is 2. The average molecular weight is 416 g/mol. The predicted octanol–water partition coefficient (Wildman–Crippen LogP) is 3.97. The molecule has 3 fully saturated rings. The Balaban J connectivity index is 1.51. The molecule has 1 aromatic rings. The van der Waals surface area contributed by atoms with Gasteiger partial charge in [-0.2, -0.15) is 0 Å². The third-order valence-corrected chi connectivity index (χ3v) is 7.29. The molecule has 0 aliphatic carbocycles. The van der Waals surface area contributed by atoms with Crippen molar-refractivity contribution in [3.05, 3.63) is 30.1 Å². The van der Waals surface area contributed by atoms with Crippen LogP contribution in [0.15, 0.2) is 24.4 Å². The Hall–Kier alpha value is -1.79. The largest absolute Gasteiger partial charge is 0.465 e. The van der Waals surface area contributed by atoms with E-state index in [9.17, 15) is 9.59 Å². The van der Waals surface area contributed by atoms with Crippen molar-refractivity contribution in [3.8, 4) is 0 Å². The quantitative estimate of drug-likeness (QED) is 0.510. The molecule has 0 amide bonds. The first-order valence-electron chi connectivity index (χ1n) is 11.1. The maximum atomic E-state index is 12.8. The Bertz CT molecular complexity index is 809. The highest BCUT2D eigenvalue weighted by Crippen LogP contribution is 2.51. The molecular formula is C24H33NO5. The van der Waals surface area contributed by atoms with Crippen molar-refractivity contribution in [2.75, 3.05) is 6.61 Å². The van der Waals surface area contributed by atoms with Crippen LogP contribution in [0.3, 0.4) is 0 Å². The van der Waals surface area contributed by atoms with Gasteiger partial charge in [-0.3, -0.25) is 14.6 Å². The van der Waals surface area contributed by atoms with Gasteiger partial charge in [0.05, 0.1) is 29.3 Å². The smallest absolute Gasteiger partial charge is 0.305 e. The molecule has 3 aliphatic rings. The van der Waals surface area contributed by atoms with E-state index in [0.717, 1.165) is 25.0 Å². The summed E-state index contributed by atoms with van der Waals surface area (Å²) in [5.74, 6) is -0.195. The number of cyclic esters (lactones) is 1. The van der Waals surface area contributed by atoms with Gasteiger partial charge in [0, 0.05) is 30.1 Å². The molecule has 3 saturated heterocycles. The minimum atomic E-state index is -0.546. The molecule has 0 aromatic carbocycles. The van der Waals surface area contributed by atoms with E-state index in [1.807, 2.05) is 32.0 Å². The van der Waals surface area contributed by atoms with Gasteiger partial charge >= 0.3 is 5.97 Å². The van der Waals surface area contributed by atoms with Crippen LogP contribution in [0.5, 0.6) is 0 Å². The number of hydrogen-bond donors (Lipinski definition) is 0. The molecule has 6 heteroatoms. The number of Topliss-reactive ketones (excluding diaryl/α,β-unsaturated/α-hetero) is 1. The van der Waals surface area contributed by atoms with Crippen LogP contribution < -0.4 is 0 Å². The minimum Gasteiger partial charge on any atom is -0.465 e. The first-order chi connectivity index (χ1) is 14.1. The normalized spacial score (nSPS) is 39.4. The second-order valence-electron chi connectivity index (χ2n) is 10.2. The standard InChI is InChI=1S/C24H33NO5/c1-22(2)11-10-20(27)28-15-16(17-7-5-6-14-25-17)21-24(4,30-21)13-9-19-23(3,29-19)12-8-18(22)26/h5-7,14,16,19,21H,8-13,15H2,1-4H3. The van der Waals surface area contributed by atoms with Crippen molar-refractivity contribution >= 4 is 11.8 Å². The summed E-state index contributed by atoms with van der Waals surface area (Å²) in [6, 6.07) is 5.78. The van der Waals surface area contributed by atoms with E-state index in [0.29, 0.717) is 12.8 Å². The third kappa shape index (κ3) is 4.45. The van der Waals surface area contributed by atoms with E-state index >= 15 is 0 Å². The van der Waals surface area contributed by atoms with Crippen LogP contribution in [0.25, 0.3) is 0 Å². The van der Waals surface area contributed by atoms with Gasteiger partial charge in [-0.05, 0) is 51.7 Å². The SMILES string of the molecule is CC1(C)CCC(=O)OCC(c2ccccn2)C2OC2(C)CCC2OC2(C)CCC1=O. The predicted molar refractivity (Wildman–Crippen MR) is 111 cm³/mol. The van der Waals surface area contributed by atoms with Gasteiger partial charge in [0.15, 0.2) is 0 Å². The number of hydrogen-bond acceptors (Lipinski definition) is 6. The molecule has 4 heterocycles. The summed E-state index contributed by atoms with van der Waals surface area (Å²) in [5.41, 5.74) is -0.155. The van der Waals surface area contributed by atoms with E-state index in [1.165, 1.54) is 0 Å². The van der Waals surface area contributed by atoms with Crippen molar-refractivity contribution in [1.29, 1.82) is 0 Å². The Morgan fingerprint density at radius 1 is 0.967 bits per heavy atom. The topological polar surface area (TPSA) is 81.3 Å². The first-order valence-corrected chi connectivity index (χ1v) is 11.1. The number of ketones is 1. The highest BCUT2D eigenvalue weighted by atomic mass is 16.6. The van der Waals surface area contributed by atoms with Crippen molar-refractivity contribution in [2.24, 2.45) is 5.41 Å².